The van der Waals surface area contributed by atoms with Gasteiger partial charge in [0.05, 0.1) is 24.0 Å². The van der Waals surface area contributed by atoms with E-state index in [0.29, 0.717) is 16.9 Å². The number of benzene rings is 1. The molecule has 0 atom stereocenters. The molecule has 0 N–H and O–H groups in total. The number of ether oxygens (including phenoxy) is 1. The number of rotatable bonds is 5. The van der Waals surface area contributed by atoms with Gasteiger partial charge in [-0.1, -0.05) is 6.92 Å². The van der Waals surface area contributed by atoms with Crippen LogP contribution in [-0.2, 0) is 13.2 Å². The summed E-state index contributed by atoms with van der Waals surface area (Å²) in [4.78, 5) is 0. The fourth-order valence-electron chi connectivity index (χ4n) is 1.69. The van der Waals surface area contributed by atoms with Crippen LogP contribution in [0.25, 0.3) is 0 Å². The summed E-state index contributed by atoms with van der Waals surface area (Å²) < 4.78 is 20.8. The van der Waals surface area contributed by atoms with Crippen LogP contribution >= 0.6 is 0 Å². The van der Waals surface area contributed by atoms with E-state index in [2.05, 4.69) is 12.0 Å². The Morgan fingerprint density at radius 3 is 3.05 bits per heavy atom. The third-order valence-electron chi connectivity index (χ3n) is 2.63. The molecule has 0 aliphatic heterocycles. The zero-order chi connectivity index (χ0) is 13.7. The Kier molecular flexibility index (Phi) is 4.14. The highest BCUT2D eigenvalue weighted by molar-refractivity contribution is 5.33. The second-order valence-electron chi connectivity index (χ2n) is 4.15. The molecule has 1 aromatic heterocycles. The summed E-state index contributed by atoms with van der Waals surface area (Å²) in [5.41, 5.74) is 0.781. The molecule has 0 saturated heterocycles. The van der Waals surface area contributed by atoms with Crippen molar-refractivity contribution in [3.8, 4) is 11.8 Å². The number of aromatic nitrogens is 2. The first-order valence-electron chi connectivity index (χ1n) is 6.06. The number of hydrogen-bond acceptors (Lipinski definition) is 3. The monoisotopic (exact) mass is 259 g/mol. The van der Waals surface area contributed by atoms with Gasteiger partial charge in [0.25, 0.3) is 0 Å². The molecule has 5 heteroatoms. The number of hydrogen-bond donors (Lipinski definition) is 0. The van der Waals surface area contributed by atoms with E-state index in [1.165, 1.54) is 18.2 Å². The van der Waals surface area contributed by atoms with E-state index in [9.17, 15) is 4.39 Å². The fourth-order valence-corrected chi connectivity index (χ4v) is 1.69. The molecule has 0 bridgehead atoms. The summed E-state index contributed by atoms with van der Waals surface area (Å²) in [6.45, 7) is 2.96. The van der Waals surface area contributed by atoms with Gasteiger partial charge in [0.1, 0.15) is 12.4 Å². The van der Waals surface area contributed by atoms with Gasteiger partial charge in [-0.05, 0) is 24.6 Å². The van der Waals surface area contributed by atoms with Crippen molar-refractivity contribution in [1.82, 2.24) is 9.78 Å². The minimum atomic E-state index is -0.375. The van der Waals surface area contributed by atoms with Gasteiger partial charge in [-0.15, -0.1) is 0 Å². The molecule has 19 heavy (non-hydrogen) atoms. The van der Waals surface area contributed by atoms with E-state index < -0.39 is 0 Å². The first-order valence-corrected chi connectivity index (χ1v) is 6.06. The second kappa shape index (κ2) is 6.01. The van der Waals surface area contributed by atoms with Crippen molar-refractivity contribution in [1.29, 1.82) is 5.26 Å². The molecule has 4 nitrogen and oxygen atoms in total. The minimum Gasteiger partial charge on any atom is -0.486 e. The molecule has 2 aromatic rings. The average molecular weight is 259 g/mol. The molecule has 1 aromatic carbocycles. The SMILES string of the molecule is CCCn1cc(OCc2cc(C#N)ccc2F)cn1. The molecule has 0 aliphatic carbocycles. The van der Waals surface area contributed by atoms with Gasteiger partial charge in [0.15, 0.2) is 5.75 Å². The van der Waals surface area contributed by atoms with Gasteiger partial charge >= 0.3 is 0 Å². The maximum Gasteiger partial charge on any atom is 0.157 e. The molecule has 0 radical (unpaired) electrons. The van der Waals surface area contributed by atoms with E-state index in [1.54, 1.807) is 17.1 Å². The lowest BCUT2D eigenvalue weighted by Gasteiger charge is -2.05. The number of nitrogens with zero attached hydrogens (tertiary/aromatic N) is 3. The molecule has 98 valence electrons. The Labute approximate surface area is 111 Å². The zero-order valence-electron chi connectivity index (χ0n) is 10.6. The van der Waals surface area contributed by atoms with Gasteiger partial charge in [0, 0.05) is 12.1 Å². The van der Waals surface area contributed by atoms with Crippen molar-refractivity contribution < 1.29 is 9.13 Å². The first kappa shape index (κ1) is 13.1. The summed E-state index contributed by atoms with van der Waals surface area (Å²) >= 11 is 0. The Balaban J connectivity index is 2.03. The van der Waals surface area contributed by atoms with Crippen molar-refractivity contribution >= 4 is 0 Å². The molecule has 0 saturated carbocycles. The van der Waals surface area contributed by atoms with E-state index in [0.717, 1.165) is 13.0 Å². The highest BCUT2D eigenvalue weighted by Gasteiger charge is 2.06. The van der Waals surface area contributed by atoms with Crippen molar-refractivity contribution in [3.05, 3.63) is 47.5 Å². The van der Waals surface area contributed by atoms with Crippen LogP contribution in [0.2, 0.25) is 0 Å². The molecule has 0 fully saturated rings. The summed E-state index contributed by atoms with van der Waals surface area (Å²) in [5, 5.41) is 12.9. The van der Waals surface area contributed by atoms with E-state index in [-0.39, 0.29) is 12.4 Å². The topological polar surface area (TPSA) is 50.8 Å². The lowest BCUT2D eigenvalue weighted by atomic mass is 10.1. The Hall–Kier alpha value is -2.35. The molecule has 0 spiro atoms. The minimum absolute atomic E-state index is 0.0825. The van der Waals surface area contributed by atoms with Crippen LogP contribution in [0.4, 0.5) is 4.39 Å². The van der Waals surface area contributed by atoms with Gasteiger partial charge in [-0.3, -0.25) is 4.68 Å². The van der Waals surface area contributed by atoms with Crippen LogP contribution < -0.4 is 4.74 Å². The zero-order valence-corrected chi connectivity index (χ0v) is 10.6. The maximum atomic E-state index is 13.5. The number of halogens is 1. The van der Waals surface area contributed by atoms with Crippen molar-refractivity contribution in [2.45, 2.75) is 26.5 Å². The van der Waals surface area contributed by atoms with Gasteiger partial charge in [0.2, 0.25) is 0 Å². The normalized spacial score (nSPS) is 10.2. The van der Waals surface area contributed by atoms with Gasteiger partial charge in [-0.25, -0.2) is 4.39 Å². The van der Waals surface area contributed by atoms with E-state index in [4.69, 9.17) is 10.00 Å². The molecule has 2 rings (SSSR count). The summed E-state index contributed by atoms with van der Waals surface area (Å²) in [5.74, 6) is 0.218. The standard InChI is InChI=1S/C14H14FN3O/c1-2-5-18-9-13(8-17-18)19-10-12-6-11(7-16)3-4-14(12)15/h3-4,6,8-9H,2,5,10H2,1H3. The summed E-state index contributed by atoms with van der Waals surface area (Å²) in [6.07, 6.45) is 4.36. The van der Waals surface area contributed by atoms with Crippen molar-refractivity contribution in [2.75, 3.05) is 0 Å². The van der Waals surface area contributed by atoms with Crippen LogP contribution in [0, 0.1) is 17.1 Å². The van der Waals surface area contributed by atoms with Gasteiger partial charge in [-0.2, -0.15) is 10.4 Å². The molecule has 0 unspecified atom stereocenters. The number of aryl methyl sites for hydroxylation is 1. The molecule has 0 aliphatic rings. The highest BCUT2D eigenvalue weighted by Crippen LogP contribution is 2.15. The van der Waals surface area contributed by atoms with Crippen molar-refractivity contribution in [2.24, 2.45) is 0 Å². The quantitative estimate of drug-likeness (QED) is 0.829. The van der Waals surface area contributed by atoms with Crippen LogP contribution in [0.3, 0.4) is 0 Å². The van der Waals surface area contributed by atoms with E-state index in [1.807, 2.05) is 6.07 Å². The maximum absolute atomic E-state index is 13.5. The summed E-state index contributed by atoms with van der Waals surface area (Å²) in [7, 11) is 0. The third-order valence-corrected chi connectivity index (χ3v) is 2.63. The van der Waals surface area contributed by atoms with E-state index >= 15 is 0 Å². The average Bonchev–Trinajstić information content (AvgIpc) is 2.86. The largest absolute Gasteiger partial charge is 0.486 e. The van der Waals surface area contributed by atoms with Crippen LogP contribution in [0.15, 0.2) is 30.6 Å². The Morgan fingerprint density at radius 1 is 1.47 bits per heavy atom. The lowest BCUT2D eigenvalue weighted by molar-refractivity contribution is 0.299. The smallest absolute Gasteiger partial charge is 0.157 e. The number of nitriles is 1. The second-order valence-corrected chi connectivity index (χ2v) is 4.15. The lowest BCUT2D eigenvalue weighted by Crippen LogP contribution is -1.99. The first-order chi connectivity index (χ1) is 9.22. The third kappa shape index (κ3) is 3.32. The molecular weight excluding hydrogens is 245 g/mol. The Morgan fingerprint density at radius 2 is 2.32 bits per heavy atom. The predicted molar refractivity (Wildman–Crippen MR) is 68.0 cm³/mol. The highest BCUT2D eigenvalue weighted by atomic mass is 19.1. The van der Waals surface area contributed by atoms with Crippen molar-refractivity contribution in [3.63, 3.8) is 0 Å². The van der Waals surface area contributed by atoms with Crippen LogP contribution in [-0.4, -0.2) is 9.78 Å². The van der Waals surface area contributed by atoms with Crippen LogP contribution in [0.1, 0.15) is 24.5 Å². The molecular formula is C14H14FN3O. The molecule has 0 amide bonds. The molecule has 1 heterocycles. The van der Waals surface area contributed by atoms with Crippen LogP contribution in [0.5, 0.6) is 5.75 Å². The fraction of sp³-hybridized carbons (Fsp3) is 0.286. The Bertz CT molecular complexity index is 601. The summed E-state index contributed by atoms with van der Waals surface area (Å²) in [6, 6.07) is 6.18. The predicted octanol–water partition coefficient (Wildman–Crippen LogP) is 2.88. The van der Waals surface area contributed by atoms with Gasteiger partial charge < -0.3 is 4.74 Å².